The van der Waals surface area contributed by atoms with Gasteiger partial charge in [-0.3, -0.25) is 0 Å². The standard InChI is InChI=1S/C18H27Cl2N/c1-4-18(2,3)14-5-8-16(9-6-14)21-12-13-11-15(19)7-10-17(13)20/h7,10-11,14,16,21H,4-6,8-9,12H2,1-3H3. The summed E-state index contributed by atoms with van der Waals surface area (Å²) >= 11 is 12.3. The molecule has 2 rings (SSSR count). The van der Waals surface area contributed by atoms with Gasteiger partial charge in [0.25, 0.3) is 0 Å². The van der Waals surface area contributed by atoms with E-state index in [0.717, 1.165) is 28.1 Å². The van der Waals surface area contributed by atoms with Gasteiger partial charge in [0.2, 0.25) is 0 Å². The Kier molecular flexibility index (Phi) is 5.99. The Morgan fingerprint density at radius 2 is 1.81 bits per heavy atom. The van der Waals surface area contributed by atoms with Crippen molar-refractivity contribution in [3.63, 3.8) is 0 Å². The molecule has 1 aliphatic rings. The maximum Gasteiger partial charge on any atom is 0.0451 e. The number of benzene rings is 1. The van der Waals surface area contributed by atoms with Gasteiger partial charge in [0.15, 0.2) is 0 Å². The quantitative estimate of drug-likeness (QED) is 0.691. The second-order valence-electron chi connectivity index (χ2n) is 7.01. The van der Waals surface area contributed by atoms with Crippen LogP contribution in [0, 0.1) is 11.3 Å². The van der Waals surface area contributed by atoms with Crippen molar-refractivity contribution >= 4 is 23.2 Å². The molecule has 1 aromatic carbocycles. The molecule has 0 heterocycles. The smallest absolute Gasteiger partial charge is 0.0451 e. The number of rotatable bonds is 5. The summed E-state index contributed by atoms with van der Waals surface area (Å²) in [6.07, 6.45) is 6.48. The fourth-order valence-electron chi connectivity index (χ4n) is 3.30. The first kappa shape index (κ1) is 17.1. The van der Waals surface area contributed by atoms with Crippen LogP contribution < -0.4 is 5.32 Å². The van der Waals surface area contributed by atoms with Gasteiger partial charge in [-0.15, -0.1) is 0 Å². The summed E-state index contributed by atoms with van der Waals surface area (Å²) in [6.45, 7) is 7.95. The van der Waals surface area contributed by atoms with E-state index in [4.69, 9.17) is 23.2 Å². The molecule has 0 saturated heterocycles. The highest BCUT2D eigenvalue weighted by Gasteiger charge is 2.31. The Morgan fingerprint density at radius 1 is 1.14 bits per heavy atom. The van der Waals surface area contributed by atoms with Gasteiger partial charge >= 0.3 is 0 Å². The second-order valence-corrected chi connectivity index (χ2v) is 7.85. The Bertz CT molecular complexity index is 462. The molecule has 1 nitrogen and oxygen atoms in total. The molecule has 1 N–H and O–H groups in total. The Balaban J connectivity index is 1.83. The van der Waals surface area contributed by atoms with Crippen LogP contribution in [0.5, 0.6) is 0 Å². The van der Waals surface area contributed by atoms with Crippen molar-refractivity contribution in [2.75, 3.05) is 0 Å². The third-order valence-electron chi connectivity index (χ3n) is 5.33. The van der Waals surface area contributed by atoms with Crippen LogP contribution in [0.3, 0.4) is 0 Å². The maximum absolute atomic E-state index is 6.22. The van der Waals surface area contributed by atoms with Crippen molar-refractivity contribution in [3.05, 3.63) is 33.8 Å². The van der Waals surface area contributed by atoms with Gasteiger partial charge in [-0.25, -0.2) is 0 Å². The molecule has 3 heteroatoms. The summed E-state index contributed by atoms with van der Waals surface area (Å²) in [6, 6.07) is 6.29. The van der Waals surface area contributed by atoms with Crippen LogP contribution in [0.1, 0.15) is 58.4 Å². The summed E-state index contributed by atoms with van der Waals surface area (Å²) in [5.41, 5.74) is 1.58. The number of nitrogens with one attached hydrogen (secondary N) is 1. The topological polar surface area (TPSA) is 12.0 Å². The van der Waals surface area contributed by atoms with Gasteiger partial charge in [-0.2, -0.15) is 0 Å². The molecule has 1 aliphatic carbocycles. The van der Waals surface area contributed by atoms with Crippen molar-refractivity contribution in [2.45, 2.75) is 65.5 Å². The SMILES string of the molecule is CCC(C)(C)C1CCC(NCc2cc(Cl)ccc2Cl)CC1. The van der Waals surface area contributed by atoms with E-state index in [-0.39, 0.29) is 0 Å². The lowest BCUT2D eigenvalue weighted by Crippen LogP contribution is -2.36. The van der Waals surface area contributed by atoms with E-state index < -0.39 is 0 Å². The lowest BCUT2D eigenvalue weighted by molar-refractivity contribution is 0.137. The molecule has 21 heavy (non-hydrogen) atoms. The molecule has 0 spiro atoms. The molecular weight excluding hydrogens is 301 g/mol. The zero-order valence-corrected chi connectivity index (χ0v) is 14.9. The van der Waals surface area contributed by atoms with E-state index in [2.05, 4.69) is 26.1 Å². The zero-order chi connectivity index (χ0) is 15.5. The summed E-state index contributed by atoms with van der Waals surface area (Å²) in [5, 5.41) is 5.21. The Hall–Kier alpha value is -0.240. The predicted octanol–water partition coefficient (Wildman–Crippen LogP) is 6.08. The first-order chi connectivity index (χ1) is 9.92. The van der Waals surface area contributed by atoms with Gasteiger partial charge in [-0.1, -0.05) is 50.4 Å². The molecule has 0 radical (unpaired) electrons. The van der Waals surface area contributed by atoms with E-state index in [9.17, 15) is 0 Å². The third kappa shape index (κ3) is 4.61. The maximum atomic E-state index is 6.22. The summed E-state index contributed by atoms with van der Waals surface area (Å²) < 4.78 is 0. The fraction of sp³-hybridized carbons (Fsp3) is 0.667. The molecule has 1 saturated carbocycles. The largest absolute Gasteiger partial charge is 0.310 e. The molecule has 0 amide bonds. The van der Waals surface area contributed by atoms with Crippen molar-refractivity contribution in [2.24, 2.45) is 11.3 Å². The van der Waals surface area contributed by atoms with Crippen molar-refractivity contribution in [3.8, 4) is 0 Å². The van der Waals surface area contributed by atoms with Crippen LogP contribution >= 0.6 is 23.2 Å². The van der Waals surface area contributed by atoms with E-state index in [1.54, 1.807) is 0 Å². The minimum Gasteiger partial charge on any atom is -0.310 e. The molecule has 0 aliphatic heterocycles. The van der Waals surface area contributed by atoms with Gasteiger partial charge in [0.05, 0.1) is 0 Å². The average Bonchev–Trinajstić information content (AvgIpc) is 2.48. The van der Waals surface area contributed by atoms with Gasteiger partial charge in [0, 0.05) is 22.6 Å². The molecule has 0 bridgehead atoms. The van der Waals surface area contributed by atoms with Crippen molar-refractivity contribution in [1.29, 1.82) is 0 Å². The lowest BCUT2D eigenvalue weighted by Gasteiger charge is -2.39. The number of hydrogen-bond acceptors (Lipinski definition) is 1. The van der Waals surface area contributed by atoms with E-state index in [0.29, 0.717) is 11.5 Å². The van der Waals surface area contributed by atoms with Crippen LogP contribution in [0.15, 0.2) is 18.2 Å². The zero-order valence-electron chi connectivity index (χ0n) is 13.4. The summed E-state index contributed by atoms with van der Waals surface area (Å²) in [5.74, 6) is 0.871. The molecule has 0 unspecified atom stereocenters. The monoisotopic (exact) mass is 327 g/mol. The third-order valence-corrected chi connectivity index (χ3v) is 5.94. The minimum atomic E-state index is 0.487. The Morgan fingerprint density at radius 3 is 2.43 bits per heavy atom. The Labute approximate surface area is 139 Å². The van der Waals surface area contributed by atoms with Crippen LogP contribution in [0.2, 0.25) is 10.0 Å². The molecule has 0 aromatic heterocycles. The normalized spacial score (nSPS) is 23.3. The van der Waals surface area contributed by atoms with Crippen molar-refractivity contribution < 1.29 is 0 Å². The van der Waals surface area contributed by atoms with E-state index >= 15 is 0 Å². The first-order valence-corrected chi connectivity index (χ1v) is 8.85. The van der Waals surface area contributed by atoms with Gasteiger partial charge in [-0.05, 0) is 60.8 Å². The highest BCUT2D eigenvalue weighted by molar-refractivity contribution is 6.33. The lowest BCUT2D eigenvalue weighted by atomic mass is 9.69. The second kappa shape index (κ2) is 7.35. The van der Waals surface area contributed by atoms with Crippen LogP contribution in [0.25, 0.3) is 0 Å². The minimum absolute atomic E-state index is 0.487. The summed E-state index contributed by atoms with van der Waals surface area (Å²) in [4.78, 5) is 0. The highest BCUT2D eigenvalue weighted by Crippen LogP contribution is 2.40. The predicted molar refractivity (Wildman–Crippen MR) is 93.1 cm³/mol. The summed E-state index contributed by atoms with van der Waals surface area (Å²) in [7, 11) is 0. The molecule has 118 valence electrons. The average molecular weight is 328 g/mol. The molecule has 1 fully saturated rings. The van der Waals surface area contributed by atoms with E-state index in [1.165, 1.54) is 32.1 Å². The fourth-order valence-corrected chi connectivity index (χ4v) is 3.68. The molecule has 1 aromatic rings. The number of hydrogen-bond donors (Lipinski definition) is 1. The van der Waals surface area contributed by atoms with Crippen LogP contribution in [-0.4, -0.2) is 6.04 Å². The van der Waals surface area contributed by atoms with Crippen LogP contribution in [0.4, 0.5) is 0 Å². The van der Waals surface area contributed by atoms with E-state index in [1.807, 2.05) is 18.2 Å². The number of halogens is 2. The highest BCUT2D eigenvalue weighted by atomic mass is 35.5. The molecular formula is C18H27Cl2N. The molecule has 0 atom stereocenters. The van der Waals surface area contributed by atoms with Gasteiger partial charge in [0.1, 0.15) is 0 Å². The van der Waals surface area contributed by atoms with Crippen molar-refractivity contribution in [1.82, 2.24) is 5.32 Å². The van der Waals surface area contributed by atoms with Gasteiger partial charge < -0.3 is 5.32 Å². The van der Waals surface area contributed by atoms with Crippen LogP contribution in [-0.2, 0) is 6.54 Å². The first-order valence-electron chi connectivity index (χ1n) is 8.09.